The van der Waals surface area contributed by atoms with E-state index in [0.717, 1.165) is 12.3 Å². The third-order valence-corrected chi connectivity index (χ3v) is 3.09. The summed E-state index contributed by atoms with van der Waals surface area (Å²) in [4.78, 5) is -0.631. The van der Waals surface area contributed by atoms with Crippen molar-refractivity contribution in [1.82, 2.24) is 0 Å². The molecule has 0 saturated heterocycles. The van der Waals surface area contributed by atoms with E-state index in [2.05, 4.69) is 15.9 Å². The Kier molecular flexibility index (Phi) is 2.72. The fourth-order valence-electron chi connectivity index (χ4n) is 0.788. The number of hydrogen-bond donors (Lipinski definition) is 0. The van der Waals surface area contributed by atoms with E-state index in [1.54, 1.807) is 0 Å². The van der Waals surface area contributed by atoms with Crippen LogP contribution in [0, 0.1) is 11.6 Å². The van der Waals surface area contributed by atoms with Gasteiger partial charge in [-0.2, -0.15) is 0 Å². The fourth-order valence-corrected chi connectivity index (χ4v) is 1.83. The second-order valence-electron chi connectivity index (χ2n) is 2.47. The molecule has 2 nitrogen and oxygen atoms in total. The van der Waals surface area contributed by atoms with Crippen molar-refractivity contribution in [1.29, 1.82) is 0 Å². The SMILES string of the molecule is CS(=O)(=O)c1cc(F)c(Br)cc1F. The Balaban J connectivity index is 3.50. The number of benzene rings is 1. The fraction of sp³-hybridized carbons (Fsp3) is 0.143. The van der Waals surface area contributed by atoms with Crippen LogP contribution in [0.2, 0.25) is 0 Å². The van der Waals surface area contributed by atoms with Crippen LogP contribution in [0.4, 0.5) is 8.78 Å². The normalized spacial score (nSPS) is 11.7. The summed E-state index contributed by atoms with van der Waals surface area (Å²) in [6.07, 6.45) is 0.818. The summed E-state index contributed by atoms with van der Waals surface area (Å²) < 4.78 is 47.5. The summed E-state index contributed by atoms with van der Waals surface area (Å²) in [5.74, 6) is -1.77. The highest BCUT2D eigenvalue weighted by molar-refractivity contribution is 9.10. The van der Waals surface area contributed by atoms with Crippen LogP contribution in [0.3, 0.4) is 0 Å². The predicted octanol–water partition coefficient (Wildman–Crippen LogP) is 2.13. The molecule has 0 aliphatic carbocycles. The van der Waals surface area contributed by atoms with Gasteiger partial charge < -0.3 is 0 Å². The molecular weight excluding hydrogens is 266 g/mol. The molecule has 0 atom stereocenters. The lowest BCUT2D eigenvalue weighted by Gasteiger charge is -2.01. The van der Waals surface area contributed by atoms with Gasteiger partial charge in [0.05, 0.1) is 4.47 Å². The lowest BCUT2D eigenvalue weighted by Crippen LogP contribution is -2.01. The quantitative estimate of drug-likeness (QED) is 0.733. The highest BCUT2D eigenvalue weighted by Gasteiger charge is 2.16. The van der Waals surface area contributed by atoms with Crippen LogP contribution in [0.15, 0.2) is 21.5 Å². The Morgan fingerprint density at radius 2 is 1.77 bits per heavy atom. The van der Waals surface area contributed by atoms with E-state index in [1.807, 2.05) is 0 Å². The molecule has 0 aliphatic rings. The third kappa shape index (κ3) is 2.25. The topological polar surface area (TPSA) is 34.1 Å². The summed E-state index contributed by atoms with van der Waals surface area (Å²) in [5, 5.41) is 0. The zero-order valence-corrected chi connectivity index (χ0v) is 8.92. The maximum Gasteiger partial charge on any atom is 0.178 e. The molecule has 0 aromatic heterocycles. The minimum absolute atomic E-state index is 0.0996. The molecule has 0 fully saturated rings. The molecule has 0 N–H and O–H groups in total. The number of halogens is 3. The molecule has 0 spiro atoms. The Bertz CT molecular complexity index is 442. The van der Waals surface area contributed by atoms with E-state index in [4.69, 9.17) is 0 Å². The van der Waals surface area contributed by atoms with Gasteiger partial charge in [0, 0.05) is 6.26 Å². The van der Waals surface area contributed by atoms with Crippen molar-refractivity contribution in [2.24, 2.45) is 0 Å². The Hall–Kier alpha value is -0.490. The first-order valence-electron chi connectivity index (χ1n) is 3.17. The highest BCUT2D eigenvalue weighted by atomic mass is 79.9. The monoisotopic (exact) mass is 270 g/mol. The van der Waals surface area contributed by atoms with E-state index in [0.29, 0.717) is 6.07 Å². The molecule has 0 aliphatic heterocycles. The molecule has 1 aromatic rings. The van der Waals surface area contributed by atoms with Crippen LogP contribution in [0.1, 0.15) is 0 Å². The summed E-state index contributed by atoms with van der Waals surface area (Å²) in [5.41, 5.74) is 0. The largest absolute Gasteiger partial charge is 0.224 e. The molecule has 0 bridgehead atoms. The van der Waals surface area contributed by atoms with Gasteiger partial charge in [-0.05, 0) is 28.1 Å². The molecule has 13 heavy (non-hydrogen) atoms. The lowest BCUT2D eigenvalue weighted by molar-refractivity contribution is 0.553. The zero-order chi connectivity index (χ0) is 10.2. The first kappa shape index (κ1) is 10.6. The molecule has 1 aromatic carbocycles. The Morgan fingerprint density at radius 1 is 1.23 bits per heavy atom. The molecule has 0 saturated carbocycles. The van der Waals surface area contributed by atoms with Crippen LogP contribution in [-0.2, 0) is 9.84 Å². The van der Waals surface area contributed by atoms with Gasteiger partial charge in [-0.25, -0.2) is 17.2 Å². The van der Waals surface area contributed by atoms with Gasteiger partial charge in [0.25, 0.3) is 0 Å². The molecule has 0 radical (unpaired) electrons. The molecule has 0 heterocycles. The number of hydrogen-bond acceptors (Lipinski definition) is 2. The number of sulfone groups is 1. The van der Waals surface area contributed by atoms with E-state index in [1.165, 1.54) is 0 Å². The van der Waals surface area contributed by atoms with Gasteiger partial charge >= 0.3 is 0 Å². The van der Waals surface area contributed by atoms with Gasteiger partial charge in [0.1, 0.15) is 16.5 Å². The summed E-state index contributed by atoms with van der Waals surface area (Å²) in [6.45, 7) is 0. The van der Waals surface area contributed by atoms with Gasteiger partial charge in [-0.3, -0.25) is 0 Å². The first-order chi connectivity index (χ1) is 5.82. The molecule has 1 rings (SSSR count). The third-order valence-electron chi connectivity index (χ3n) is 1.37. The Morgan fingerprint density at radius 3 is 2.23 bits per heavy atom. The molecule has 6 heteroatoms. The van der Waals surface area contributed by atoms with Crippen molar-refractivity contribution in [3.63, 3.8) is 0 Å². The van der Waals surface area contributed by atoms with Crippen molar-refractivity contribution in [2.75, 3.05) is 6.26 Å². The average Bonchev–Trinajstić information content (AvgIpc) is 1.94. The molecular formula is C7H5BrF2O2S. The van der Waals surface area contributed by atoms with Crippen molar-refractivity contribution < 1.29 is 17.2 Å². The predicted molar refractivity (Wildman–Crippen MR) is 47.2 cm³/mol. The van der Waals surface area contributed by atoms with Gasteiger partial charge in [0.15, 0.2) is 9.84 Å². The second-order valence-corrected chi connectivity index (χ2v) is 5.31. The summed E-state index contributed by atoms with van der Waals surface area (Å²) >= 11 is 2.74. The maximum atomic E-state index is 13.0. The van der Waals surface area contributed by atoms with Crippen molar-refractivity contribution in [3.05, 3.63) is 28.2 Å². The van der Waals surface area contributed by atoms with Crippen molar-refractivity contribution in [2.45, 2.75) is 4.90 Å². The number of rotatable bonds is 1. The van der Waals surface area contributed by atoms with Crippen LogP contribution in [0.5, 0.6) is 0 Å². The summed E-state index contributed by atoms with van der Waals surface area (Å²) in [7, 11) is -3.71. The van der Waals surface area contributed by atoms with Gasteiger partial charge in [-0.1, -0.05) is 0 Å². The van der Waals surface area contributed by atoms with Gasteiger partial charge in [-0.15, -0.1) is 0 Å². The van der Waals surface area contributed by atoms with Crippen molar-refractivity contribution >= 4 is 25.8 Å². The maximum absolute atomic E-state index is 13.0. The van der Waals surface area contributed by atoms with Crippen molar-refractivity contribution in [3.8, 4) is 0 Å². The molecule has 0 unspecified atom stereocenters. The lowest BCUT2D eigenvalue weighted by atomic mass is 10.3. The minimum Gasteiger partial charge on any atom is -0.224 e. The van der Waals surface area contributed by atoms with Crippen LogP contribution in [-0.4, -0.2) is 14.7 Å². The Labute approximate surface area is 82.6 Å². The second kappa shape index (κ2) is 3.34. The summed E-state index contributed by atoms with van der Waals surface area (Å²) in [6, 6.07) is 1.43. The first-order valence-corrected chi connectivity index (χ1v) is 5.85. The van der Waals surface area contributed by atoms with E-state index < -0.39 is 26.4 Å². The van der Waals surface area contributed by atoms with Crippen LogP contribution in [0.25, 0.3) is 0 Å². The molecule has 72 valence electrons. The van der Waals surface area contributed by atoms with Crippen LogP contribution < -0.4 is 0 Å². The molecule has 0 amide bonds. The van der Waals surface area contributed by atoms with E-state index in [-0.39, 0.29) is 4.47 Å². The zero-order valence-electron chi connectivity index (χ0n) is 6.51. The smallest absolute Gasteiger partial charge is 0.178 e. The minimum atomic E-state index is -3.71. The highest BCUT2D eigenvalue weighted by Crippen LogP contribution is 2.22. The van der Waals surface area contributed by atoms with E-state index in [9.17, 15) is 17.2 Å². The van der Waals surface area contributed by atoms with Crippen LogP contribution >= 0.6 is 15.9 Å². The van der Waals surface area contributed by atoms with E-state index >= 15 is 0 Å². The van der Waals surface area contributed by atoms with Gasteiger partial charge in [0.2, 0.25) is 0 Å². The average molecular weight is 271 g/mol. The standard InChI is InChI=1S/C7H5BrF2O2S/c1-13(11,12)7-3-5(9)4(8)2-6(7)10/h2-3H,1H3.